The highest BCUT2D eigenvalue weighted by molar-refractivity contribution is 7.11. The minimum absolute atomic E-state index is 0.0745. The van der Waals surface area contributed by atoms with Gasteiger partial charge in [-0.3, -0.25) is 14.8 Å². The molecule has 1 amide bonds. The van der Waals surface area contributed by atoms with E-state index in [-0.39, 0.29) is 42.0 Å². The van der Waals surface area contributed by atoms with Gasteiger partial charge in [0.05, 0.1) is 42.3 Å². The summed E-state index contributed by atoms with van der Waals surface area (Å²) in [5, 5.41) is 5.73. The van der Waals surface area contributed by atoms with E-state index in [4.69, 9.17) is 4.74 Å². The highest BCUT2D eigenvalue weighted by Crippen LogP contribution is 2.27. The molecule has 0 spiro atoms. The maximum atomic E-state index is 12.9. The van der Waals surface area contributed by atoms with Gasteiger partial charge in [0.25, 0.3) is 5.91 Å². The van der Waals surface area contributed by atoms with Gasteiger partial charge in [0.2, 0.25) is 5.88 Å². The molecule has 0 fully saturated rings. The molecule has 0 aliphatic carbocycles. The Morgan fingerprint density at radius 2 is 1.97 bits per heavy atom. The average molecular weight is 552 g/mol. The van der Waals surface area contributed by atoms with Crippen molar-refractivity contribution >= 4 is 40.2 Å². The molecular formula is C21H23F6N7O2S. The number of carbonyl (C=O) groups is 1. The van der Waals surface area contributed by atoms with Crippen LogP contribution >= 0.6 is 11.5 Å². The van der Waals surface area contributed by atoms with Crippen LogP contribution < -0.4 is 15.4 Å². The standard InChI is InChI=1S/C21H23F6N7O2S/c1-12-17(19(37-33-12)32-15-11-28-14(10-29-15)21(25,26)27)18(35)31-13-3-4-16(30-9-13)36-8-7-34(2)6-5-20(22,23)24/h3-4,9,11,14H,5-8,10H2,1-2H3,(H,29,32)(H,31,35). The van der Waals surface area contributed by atoms with Crippen molar-refractivity contribution in [3.05, 3.63) is 29.6 Å². The van der Waals surface area contributed by atoms with Gasteiger partial charge in [-0.1, -0.05) is 0 Å². The number of amidine groups is 1. The van der Waals surface area contributed by atoms with Crippen LogP contribution in [0.5, 0.6) is 5.88 Å². The Labute approximate surface area is 211 Å². The lowest BCUT2D eigenvalue weighted by atomic mass is 10.2. The largest absolute Gasteiger partial charge is 0.476 e. The van der Waals surface area contributed by atoms with E-state index in [9.17, 15) is 31.1 Å². The Hall–Kier alpha value is -3.27. The van der Waals surface area contributed by atoms with Crippen molar-refractivity contribution in [3.63, 3.8) is 0 Å². The zero-order valence-corrected chi connectivity index (χ0v) is 20.5. The number of likely N-dealkylation sites (N-methyl/N-ethyl adjacent to an activating group) is 1. The summed E-state index contributed by atoms with van der Waals surface area (Å²) in [5.74, 6) is -0.229. The van der Waals surface area contributed by atoms with Gasteiger partial charge in [-0.25, -0.2) is 4.98 Å². The molecule has 16 heteroatoms. The number of aliphatic imine (C=N–C) groups is 2. The van der Waals surface area contributed by atoms with Crippen molar-refractivity contribution in [2.75, 3.05) is 43.9 Å². The van der Waals surface area contributed by atoms with Crippen molar-refractivity contribution in [3.8, 4) is 5.88 Å². The molecule has 0 saturated heterocycles. The lowest BCUT2D eigenvalue weighted by molar-refractivity contribution is -0.144. The highest BCUT2D eigenvalue weighted by Gasteiger charge is 2.40. The fourth-order valence-electron chi connectivity index (χ4n) is 3.00. The number of anilines is 2. The van der Waals surface area contributed by atoms with Crippen LogP contribution in [-0.4, -0.2) is 83.9 Å². The molecule has 1 aliphatic rings. The SMILES string of the molecule is Cc1nsc(NC2=NCC(C(F)(F)F)N=C2)c1C(=O)Nc1ccc(OCCN(C)CCC(F)(F)F)nc1. The van der Waals surface area contributed by atoms with Crippen LogP contribution in [0.1, 0.15) is 22.5 Å². The zero-order valence-electron chi connectivity index (χ0n) is 19.7. The number of pyridine rings is 1. The van der Waals surface area contributed by atoms with E-state index < -0.39 is 37.3 Å². The van der Waals surface area contributed by atoms with Crippen molar-refractivity contribution < 1.29 is 35.9 Å². The maximum Gasteiger partial charge on any atom is 0.412 e. The van der Waals surface area contributed by atoms with Gasteiger partial charge in [-0.15, -0.1) is 0 Å². The normalized spacial score (nSPS) is 16.0. The molecule has 1 atom stereocenters. The van der Waals surface area contributed by atoms with E-state index >= 15 is 0 Å². The van der Waals surface area contributed by atoms with Gasteiger partial charge in [-0.2, -0.15) is 30.7 Å². The number of alkyl halides is 6. The second-order valence-electron chi connectivity index (χ2n) is 8.01. The highest BCUT2D eigenvalue weighted by atomic mass is 32.1. The summed E-state index contributed by atoms with van der Waals surface area (Å²) < 4.78 is 84.6. The number of rotatable bonds is 9. The summed E-state index contributed by atoms with van der Waals surface area (Å²) in [6.07, 6.45) is -7.30. The van der Waals surface area contributed by atoms with Crippen LogP contribution in [0.3, 0.4) is 0 Å². The van der Waals surface area contributed by atoms with Gasteiger partial charge in [-0.05, 0) is 31.6 Å². The van der Waals surface area contributed by atoms with E-state index in [2.05, 4.69) is 30.0 Å². The summed E-state index contributed by atoms with van der Waals surface area (Å²) in [4.78, 5) is 25.7. The summed E-state index contributed by atoms with van der Waals surface area (Å²) in [6.45, 7) is 1.29. The third kappa shape index (κ3) is 8.66. The maximum absolute atomic E-state index is 12.9. The van der Waals surface area contributed by atoms with Gasteiger partial charge >= 0.3 is 12.4 Å². The molecule has 0 aromatic carbocycles. The minimum Gasteiger partial charge on any atom is -0.476 e. The van der Waals surface area contributed by atoms with Crippen LogP contribution in [0, 0.1) is 6.92 Å². The predicted molar refractivity (Wildman–Crippen MR) is 127 cm³/mol. The van der Waals surface area contributed by atoms with Gasteiger partial charge in [0.15, 0.2) is 6.04 Å². The Morgan fingerprint density at radius 3 is 2.57 bits per heavy atom. The number of amides is 1. The van der Waals surface area contributed by atoms with E-state index in [0.29, 0.717) is 11.4 Å². The molecule has 37 heavy (non-hydrogen) atoms. The fourth-order valence-corrected chi connectivity index (χ4v) is 3.80. The quantitative estimate of drug-likeness (QED) is 0.453. The number of nitrogens with zero attached hydrogens (tertiary/aromatic N) is 5. The molecule has 1 unspecified atom stereocenters. The number of hydrogen-bond acceptors (Lipinski definition) is 9. The second kappa shape index (κ2) is 11.9. The Kier molecular flexibility index (Phi) is 9.07. The lowest BCUT2D eigenvalue weighted by Crippen LogP contribution is -2.34. The molecule has 3 rings (SSSR count). The van der Waals surface area contributed by atoms with Crippen LogP contribution in [-0.2, 0) is 0 Å². The molecule has 2 aromatic rings. The molecule has 0 radical (unpaired) electrons. The Bertz CT molecular complexity index is 1130. The summed E-state index contributed by atoms with van der Waals surface area (Å²) >= 11 is 0.945. The number of aryl methyl sites for hydroxylation is 1. The van der Waals surface area contributed by atoms with E-state index in [1.54, 1.807) is 14.0 Å². The van der Waals surface area contributed by atoms with Crippen LogP contribution in [0.2, 0.25) is 0 Å². The molecule has 0 saturated carbocycles. The average Bonchev–Trinajstić information content (AvgIpc) is 3.18. The number of hydrogen-bond donors (Lipinski definition) is 2. The second-order valence-corrected chi connectivity index (χ2v) is 8.79. The molecular weight excluding hydrogens is 528 g/mol. The first-order chi connectivity index (χ1) is 17.3. The molecule has 0 bridgehead atoms. The third-order valence-electron chi connectivity index (χ3n) is 5.01. The summed E-state index contributed by atoms with van der Waals surface area (Å²) in [6, 6.07) is 1.12. The van der Waals surface area contributed by atoms with E-state index in [0.717, 1.165) is 17.7 Å². The molecule has 1 aliphatic heterocycles. The monoisotopic (exact) mass is 551 g/mol. The first-order valence-electron chi connectivity index (χ1n) is 10.8. The van der Waals surface area contributed by atoms with E-state index in [1.165, 1.54) is 23.2 Å². The number of aromatic nitrogens is 2. The van der Waals surface area contributed by atoms with Crippen LogP contribution in [0.4, 0.5) is 37.0 Å². The molecule has 3 heterocycles. The van der Waals surface area contributed by atoms with Crippen LogP contribution in [0.15, 0.2) is 28.3 Å². The van der Waals surface area contributed by atoms with Gasteiger partial charge in [0.1, 0.15) is 17.4 Å². The van der Waals surface area contributed by atoms with Gasteiger partial charge < -0.3 is 20.3 Å². The fraction of sp³-hybridized carbons (Fsp3) is 0.476. The Morgan fingerprint density at radius 1 is 1.22 bits per heavy atom. The summed E-state index contributed by atoms with van der Waals surface area (Å²) in [5.41, 5.74) is 0.913. The molecule has 202 valence electrons. The summed E-state index contributed by atoms with van der Waals surface area (Å²) in [7, 11) is 1.55. The molecule has 9 nitrogen and oxygen atoms in total. The smallest absolute Gasteiger partial charge is 0.412 e. The molecule has 2 aromatic heterocycles. The van der Waals surface area contributed by atoms with Crippen LogP contribution in [0.25, 0.3) is 0 Å². The van der Waals surface area contributed by atoms with Crippen molar-refractivity contribution in [2.24, 2.45) is 9.98 Å². The Balaban J connectivity index is 1.53. The number of ether oxygens (including phenoxy) is 1. The molecule has 2 N–H and O–H groups in total. The first-order valence-corrected chi connectivity index (χ1v) is 11.6. The lowest BCUT2D eigenvalue weighted by Gasteiger charge is -2.18. The number of halogens is 6. The predicted octanol–water partition coefficient (Wildman–Crippen LogP) is 4.19. The van der Waals surface area contributed by atoms with Crippen molar-refractivity contribution in [1.29, 1.82) is 0 Å². The number of carbonyl (C=O) groups excluding carboxylic acids is 1. The van der Waals surface area contributed by atoms with Crippen molar-refractivity contribution in [2.45, 2.75) is 31.7 Å². The third-order valence-corrected chi connectivity index (χ3v) is 5.87. The first kappa shape index (κ1) is 28.3. The van der Waals surface area contributed by atoms with Crippen molar-refractivity contribution in [1.82, 2.24) is 14.3 Å². The minimum atomic E-state index is -4.49. The number of nitrogens with one attached hydrogen (secondary N) is 2. The zero-order chi connectivity index (χ0) is 27.2. The van der Waals surface area contributed by atoms with E-state index in [1.807, 2.05) is 0 Å². The van der Waals surface area contributed by atoms with Gasteiger partial charge in [0, 0.05) is 19.2 Å². The topological polar surface area (TPSA) is 104 Å².